The highest BCUT2D eigenvalue weighted by Gasteiger charge is 2.41. The second kappa shape index (κ2) is 3.67. The van der Waals surface area contributed by atoms with Crippen molar-refractivity contribution in [1.82, 2.24) is 10.2 Å². The van der Waals surface area contributed by atoms with Crippen molar-refractivity contribution < 1.29 is 9.53 Å². The van der Waals surface area contributed by atoms with Crippen LogP contribution in [0.3, 0.4) is 0 Å². The number of nitrogens with one attached hydrogen (secondary N) is 1. The molecule has 0 saturated carbocycles. The van der Waals surface area contributed by atoms with Crippen LogP contribution in [0.15, 0.2) is 0 Å². The minimum absolute atomic E-state index is 0.160. The number of ether oxygens (including phenoxy) is 1. The maximum absolute atomic E-state index is 11.8. The maximum Gasteiger partial charge on any atom is 0.410 e. The molecule has 2 fully saturated rings. The predicted octanol–water partition coefficient (Wildman–Crippen LogP) is 1.36. The van der Waals surface area contributed by atoms with Gasteiger partial charge in [0.05, 0.1) is 6.04 Å². The van der Waals surface area contributed by atoms with Gasteiger partial charge in [-0.3, -0.25) is 0 Å². The molecule has 86 valence electrons. The van der Waals surface area contributed by atoms with Gasteiger partial charge in [-0.2, -0.15) is 0 Å². The summed E-state index contributed by atoms with van der Waals surface area (Å²) in [5.41, 5.74) is -0.385. The molecular weight excluding hydrogens is 192 g/mol. The third-order valence-corrected chi connectivity index (χ3v) is 3.02. The molecule has 1 N–H and O–H groups in total. The van der Waals surface area contributed by atoms with Crippen molar-refractivity contribution in [2.75, 3.05) is 13.1 Å². The van der Waals surface area contributed by atoms with E-state index in [9.17, 15) is 4.79 Å². The van der Waals surface area contributed by atoms with Gasteiger partial charge in [-0.25, -0.2) is 4.79 Å². The number of rotatable bonds is 1. The largest absolute Gasteiger partial charge is 0.444 e. The Balaban J connectivity index is 1.85. The van der Waals surface area contributed by atoms with Crippen molar-refractivity contribution in [1.29, 1.82) is 0 Å². The second-order valence-corrected chi connectivity index (χ2v) is 5.38. The Morgan fingerprint density at radius 1 is 1.40 bits per heavy atom. The Morgan fingerprint density at radius 3 is 2.40 bits per heavy atom. The van der Waals surface area contributed by atoms with Crippen LogP contribution in [0.1, 0.15) is 33.6 Å². The molecule has 2 aliphatic rings. The molecule has 0 aromatic carbocycles. The summed E-state index contributed by atoms with van der Waals surface area (Å²) < 4.78 is 5.35. The minimum Gasteiger partial charge on any atom is -0.444 e. The van der Waals surface area contributed by atoms with Gasteiger partial charge in [-0.05, 0) is 40.2 Å². The van der Waals surface area contributed by atoms with E-state index in [0.717, 1.165) is 19.5 Å². The number of hydrogen-bond acceptors (Lipinski definition) is 3. The van der Waals surface area contributed by atoms with Gasteiger partial charge in [0.1, 0.15) is 5.60 Å². The summed E-state index contributed by atoms with van der Waals surface area (Å²) in [5, 5.41) is 3.35. The van der Waals surface area contributed by atoms with E-state index in [1.807, 2.05) is 25.7 Å². The van der Waals surface area contributed by atoms with E-state index >= 15 is 0 Å². The Hall–Kier alpha value is -0.770. The fourth-order valence-corrected chi connectivity index (χ4v) is 2.01. The lowest BCUT2D eigenvalue weighted by molar-refractivity contribution is -0.0185. The molecule has 2 heterocycles. The van der Waals surface area contributed by atoms with Crippen molar-refractivity contribution in [3.8, 4) is 0 Å². The zero-order valence-corrected chi connectivity index (χ0v) is 9.75. The fraction of sp³-hybridized carbons (Fsp3) is 0.909. The first-order valence-corrected chi connectivity index (χ1v) is 5.70. The maximum atomic E-state index is 11.8. The Bertz CT molecular complexity index is 256. The number of carbonyl (C=O) groups is 1. The van der Waals surface area contributed by atoms with Gasteiger partial charge in [-0.15, -0.1) is 0 Å². The Kier molecular flexibility index (Phi) is 2.63. The van der Waals surface area contributed by atoms with Crippen molar-refractivity contribution in [2.24, 2.45) is 0 Å². The van der Waals surface area contributed by atoms with Crippen LogP contribution in [0.4, 0.5) is 4.79 Å². The van der Waals surface area contributed by atoms with Crippen molar-refractivity contribution in [3.05, 3.63) is 0 Å². The average Bonchev–Trinajstić information content (AvgIpc) is 1.89. The molecule has 0 spiro atoms. The Labute approximate surface area is 91.0 Å². The predicted molar refractivity (Wildman–Crippen MR) is 57.8 cm³/mol. The van der Waals surface area contributed by atoms with E-state index in [2.05, 4.69) is 5.32 Å². The van der Waals surface area contributed by atoms with Gasteiger partial charge in [0.15, 0.2) is 0 Å². The fourth-order valence-electron chi connectivity index (χ4n) is 2.01. The lowest BCUT2D eigenvalue weighted by Gasteiger charge is -2.48. The summed E-state index contributed by atoms with van der Waals surface area (Å²) >= 11 is 0. The molecule has 2 atom stereocenters. The lowest BCUT2D eigenvalue weighted by Crippen LogP contribution is -2.65. The van der Waals surface area contributed by atoms with E-state index < -0.39 is 0 Å². The topological polar surface area (TPSA) is 41.6 Å². The second-order valence-electron chi connectivity index (χ2n) is 5.38. The Morgan fingerprint density at radius 2 is 2.07 bits per heavy atom. The van der Waals surface area contributed by atoms with Crippen LogP contribution < -0.4 is 5.32 Å². The van der Waals surface area contributed by atoms with E-state index in [0.29, 0.717) is 12.1 Å². The summed E-state index contributed by atoms with van der Waals surface area (Å²) in [6.07, 6.45) is 2.13. The van der Waals surface area contributed by atoms with Gasteiger partial charge >= 0.3 is 6.09 Å². The van der Waals surface area contributed by atoms with Crippen molar-refractivity contribution >= 4 is 6.09 Å². The monoisotopic (exact) mass is 212 g/mol. The highest BCUT2D eigenvalue weighted by Crippen LogP contribution is 2.27. The van der Waals surface area contributed by atoms with Crippen LogP contribution in [-0.4, -0.2) is 41.8 Å². The van der Waals surface area contributed by atoms with Crippen molar-refractivity contribution in [3.63, 3.8) is 0 Å². The highest BCUT2D eigenvalue weighted by atomic mass is 16.6. The molecule has 0 aromatic heterocycles. The van der Waals surface area contributed by atoms with Crippen LogP contribution in [0, 0.1) is 0 Å². The van der Waals surface area contributed by atoms with E-state index in [1.54, 1.807) is 0 Å². The van der Waals surface area contributed by atoms with Gasteiger partial charge in [0.25, 0.3) is 0 Å². The smallest absolute Gasteiger partial charge is 0.410 e. The van der Waals surface area contributed by atoms with E-state index in [4.69, 9.17) is 4.74 Å². The molecule has 0 aliphatic carbocycles. The van der Waals surface area contributed by atoms with Crippen LogP contribution >= 0.6 is 0 Å². The first-order chi connectivity index (χ1) is 6.97. The molecule has 2 aliphatic heterocycles. The third kappa shape index (κ3) is 2.25. The average molecular weight is 212 g/mol. The first-order valence-electron chi connectivity index (χ1n) is 5.70. The summed E-state index contributed by atoms with van der Waals surface area (Å²) in [4.78, 5) is 13.6. The number of carbonyl (C=O) groups excluding carboxylic acids is 1. The van der Waals surface area contributed by atoms with Gasteiger partial charge in [-0.1, -0.05) is 0 Å². The molecule has 0 radical (unpaired) electrons. The molecule has 4 heteroatoms. The molecule has 2 unspecified atom stereocenters. The normalized spacial score (nSPS) is 30.5. The summed E-state index contributed by atoms with van der Waals surface area (Å²) in [7, 11) is 0. The highest BCUT2D eigenvalue weighted by molar-refractivity contribution is 5.69. The zero-order valence-electron chi connectivity index (χ0n) is 9.75. The zero-order chi connectivity index (χ0) is 11.1. The van der Waals surface area contributed by atoms with Crippen LogP contribution in [0.2, 0.25) is 0 Å². The van der Waals surface area contributed by atoms with E-state index in [1.165, 1.54) is 6.42 Å². The molecule has 2 rings (SSSR count). The molecular formula is C11H20N2O2. The van der Waals surface area contributed by atoms with Crippen LogP contribution in [-0.2, 0) is 4.74 Å². The molecule has 0 aromatic rings. The number of nitrogens with zero attached hydrogens (tertiary/aromatic N) is 1. The number of likely N-dealkylation sites (tertiary alicyclic amines) is 1. The lowest BCUT2D eigenvalue weighted by atomic mass is 9.89. The minimum atomic E-state index is -0.385. The van der Waals surface area contributed by atoms with Crippen molar-refractivity contribution in [2.45, 2.75) is 51.3 Å². The third-order valence-electron chi connectivity index (χ3n) is 3.02. The molecule has 2 saturated heterocycles. The molecule has 15 heavy (non-hydrogen) atoms. The molecule has 0 bridgehead atoms. The summed E-state index contributed by atoms with van der Waals surface area (Å²) in [6, 6.07) is 0.875. The summed E-state index contributed by atoms with van der Waals surface area (Å²) in [6.45, 7) is 7.64. The van der Waals surface area contributed by atoms with Gasteiger partial charge in [0.2, 0.25) is 0 Å². The van der Waals surface area contributed by atoms with Gasteiger partial charge in [0, 0.05) is 12.6 Å². The van der Waals surface area contributed by atoms with Crippen LogP contribution in [0.5, 0.6) is 0 Å². The van der Waals surface area contributed by atoms with E-state index in [-0.39, 0.29) is 11.7 Å². The SMILES string of the molecule is CC(C)(C)OC(=O)N1CCC1C1CCN1. The first kappa shape index (κ1) is 10.7. The quantitative estimate of drug-likeness (QED) is 0.713. The standard InChI is InChI=1S/C11H20N2O2/c1-11(2,3)15-10(14)13-7-5-9(13)8-4-6-12-8/h8-9,12H,4-7H2,1-3H3. The molecule has 1 amide bonds. The summed E-state index contributed by atoms with van der Waals surface area (Å²) in [5.74, 6) is 0. The van der Waals surface area contributed by atoms with Crippen LogP contribution in [0.25, 0.3) is 0 Å². The molecule has 4 nitrogen and oxygen atoms in total. The number of hydrogen-bond donors (Lipinski definition) is 1. The van der Waals surface area contributed by atoms with Gasteiger partial charge < -0.3 is 15.0 Å². The number of amides is 1.